The lowest BCUT2D eigenvalue weighted by Crippen LogP contribution is -2.28. The number of halogens is 1. The third-order valence-electron chi connectivity index (χ3n) is 4.75. The van der Waals surface area contributed by atoms with Gasteiger partial charge >= 0.3 is 0 Å². The van der Waals surface area contributed by atoms with E-state index in [4.69, 9.17) is 21.6 Å². The van der Waals surface area contributed by atoms with Crippen molar-refractivity contribution in [1.29, 1.82) is 0 Å². The Hall–Kier alpha value is -2.39. The van der Waals surface area contributed by atoms with E-state index in [9.17, 15) is 4.79 Å². The number of rotatable bonds is 7. The Bertz CT molecular complexity index is 1020. The van der Waals surface area contributed by atoms with E-state index >= 15 is 0 Å². The van der Waals surface area contributed by atoms with Gasteiger partial charge in [-0.15, -0.1) is 0 Å². The fourth-order valence-corrected chi connectivity index (χ4v) is 4.14. The fraction of sp³-hybridized carbons (Fsp3) is 0.421. The van der Waals surface area contributed by atoms with Crippen molar-refractivity contribution in [2.75, 3.05) is 30.3 Å². The van der Waals surface area contributed by atoms with Gasteiger partial charge in [-0.1, -0.05) is 30.3 Å². The maximum atomic E-state index is 12.3. The molecule has 1 aliphatic heterocycles. The summed E-state index contributed by atoms with van der Waals surface area (Å²) in [6.07, 6.45) is 5.74. The summed E-state index contributed by atoms with van der Waals surface area (Å²) in [6, 6.07) is 3.34. The molecule has 0 aliphatic carbocycles. The Morgan fingerprint density at radius 1 is 1.31 bits per heavy atom. The standard InChI is InChI=1S/C19H22ClN7OS/c1-2-29-19-24-16(26-9-3-4-10-26)14-12-23-27(17(14)25-19)11-8-22-18(28)13-6-5-7-21-15(13)20/h5-7,12H,2-4,8-11H2,1H3,(H,22,28). The minimum absolute atomic E-state index is 0.193. The predicted octanol–water partition coefficient (Wildman–Crippen LogP) is 3.02. The largest absolute Gasteiger partial charge is 0.356 e. The molecule has 0 unspecified atom stereocenters. The van der Waals surface area contributed by atoms with Crippen molar-refractivity contribution in [2.45, 2.75) is 31.5 Å². The third kappa shape index (κ3) is 4.30. The molecule has 4 heterocycles. The van der Waals surface area contributed by atoms with Gasteiger partial charge in [0.15, 0.2) is 10.8 Å². The monoisotopic (exact) mass is 431 g/mol. The molecule has 1 aliphatic rings. The summed E-state index contributed by atoms with van der Waals surface area (Å²) in [5.74, 6) is 1.61. The maximum Gasteiger partial charge on any atom is 0.254 e. The van der Waals surface area contributed by atoms with Crippen LogP contribution in [0.25, 0.3) is 11.0 Å². The second-order valence-corrected chi connectivity index (χ2v) is 8.25. The van der Waals surface area contributed by atoms with Crippen LogP contribution >= 0.6 is 23.4 Å². The fourth-order valence-electron chi connectivity index (χ4n) is 3.37. The molecule has 10 heteroatoms. The molecule has 0 bridgehead atoms. The van der Waals surface area contributed by atoms with Crippen molar-refractivity contribution in [3.05, 3.63) is 35.2 Å². The first kappa shape index (κ1) is 19.9. The summed E-state index contributed by atoms with van der Waals surface area (Å²) in [6.45, 7) is 5.01. The molecule has 3 aromatic rings. The van der Waals surface area contributed by atoms with E-state index in [1.807, 2.05) is 10.9 Å². The van der Waals surface area contributed by atoms with E-state index in [0.29, 0.717) is 18.7 Å². The minimum Gasteiger partial charge on any atom is -0.356 e. The Morgan fingerprint density at radius 3 is 2.90 bits per heavy atom. The number of carbonyl (C=O) groups excluding carboxylic acids is 1. The van der Waals surface area contributed by atoms with Crippen LogP contribution in [0.2, 0.25) is 5.15 Å². The van der Waals surface area contributed by atoms with Gasteiger partial charge in [-0.05, 0) is 30.7 Å². The highest BCUT2D eigenvalue weighted by Gasteiger charge is 2.21. The van der Waals surface area contributed by atoms with Crippen LogP contribution in [0.4, 0.5) is 5.82 Å². The summed E-state index contributed by atoms with van der Waals surface area (Å²) >= 11 is 7.61. The van der Waals surface area contributed by atoms with E-state index in [-0.39, 0.29) is 11.1 Å². The first-order valence-corrected chi connectivity index (χ1v) is 11.0. The number of nitrogens with zero attached hydrogens (tertiary/aromatic N) is 6. The topological polar surface area (TPSA) is 88.8 Å². The third-order valence-corrected chi connectivity index (χ3v) is 5.78. The summed E-state index contributed by atoms with van der Waals surface area (Å²) < 4.78 is 1.82. The molecule has 4 rings (SSSR count). The second kappa shape index (κ2) is 8.96. The van der Waals surface area contributed by atoms with Crippen LogP contribution in [0.3, 0.4) is 0 Å². The number of anilines is 1. The van der Waals surface area contributed by atoms with Crippen LogP contribution < -0.4 is 10.2 Å². The van der Waals surface area contributed by atoms with Crippen molar-refractivity contribution in [1.82, 2.24) is 30.0 Å². The maximum absolute atomic E-state index is 12.3. The van der Waals surface area contributed by atoms with Gasteiger partial charge in [-0.3, -0.25) is 4.79 Å². The van der Waals surface area contributed by atoms with Crippen molar-refractivity contribution >= 4 is 46.1 Å². The van der Waals surface area contributed by atoms with E-state index in [2.05, 4.69) is 27.2 Å². The van der Waals surface area contributed by atoms with Crippen LogP contribution in [0, 0.1) is 0 Å². The van der Waals surface area contributed by atoms with Gasteiger partial charge in [0.25, 0.3) is 5.91 Å². The average Bonchev–Trinajstić information content (AvgIpc) is 3.38. The minimum atomic E-state index is -0.255. The molecule has 1 fully saturated rings. The quantitative estimate of drug-likeness (QED) is 0.349. The van der Waals surface area contributed by atoms with Crippen LogP contribution in [0.1, 0.15) is 30.1 Å². The summed E-state index contributed by atoms with van der Waals surface area (Å²) in [7, 11) is 0. The highest BCUT2D eigenvalue weighted by Crippen LogP contribution is 2.29. The van der Waals surface area contributed by atoms with Gasteiger partial charge in [0.2, 0.25) is 0 Å². The van der Waals surface area contributed by atoms with Crippen LogP contribution in [0.15, 0.2) is 29.7 Å². The normalized spacial score (nSPS) is 13.9. The van der Waals surface area contributed by atoms with Crippen molar-refractivity contribution in [2.24, 2.45) is 0 Å². The molecule has 0 spiro atoms. The Balaban J connectivity index is 1.53. The van der Waals surface area contributed by atoms with Crippen molar-refractivity contribution in [3.8, 4) is 0 Å². The Kier molecular flexibility index (Phi) is 6.15. The Morgan fingerprint density at radius 2 is 2.14 bits per heavy atom. The summed E-state index contributed by atoms with van der Waals surface area (Å²) in [5, 5.41) is 9.28. The first-order chi connectivity index (χ1) is 14.2. The predicted molar refractivity (Wildman–Crippen MR) is 115 cm³/mol. The molecule has 3 aromatic heterocycles. The molecular weight excluding hydrogens is 410 g/mol. The number of hydrogen-bond donors (Lipinski definition) is 1. The summed E-state index contributed by atoms with van der Waals surface area (Å²) in [4.78, 5) is 28.1. The van der Waals surface area contributed by atoms with Crippen LogP contribution in [-0.4, -0.2) is 56.0 Å². The van der Waals surface area contributed by atoms with Gasteiger partial charge in [-0.2, -0.15) is 5.10 Å². The molecule has 1 amide bonds. The number of carbonyl (C=O) groups is 1. The van der Waals surface area contributed by atoms with Crippen LogP contribution in [0.5, 0.6) is 0 Å². The smallest absolute Gasteiger partial charge is 0.254 e. The van der Waals surface area contributed by atoms with Crippen LogP contribution in [-0.2, 0) is 6.54 Å². The molecule has 0 saturated carbocycles. The highest BCUT2D eigenvalue weighted by atomic mass is 35.5. The van der Waals surface area contributed by atoms with E-state index in [1.54, 1.807) is 30.1 Å². The first-order valence-electron chi connectivity index (χ1n) is 9.67. The van der Waals surface area contributed by atoms with Gasteiger partial charge in [0, 0.05) is 25.8 Å². The number of fused-ring (bicyclic) bond motifs is 1. The van der Waals surface area contributed by atoms with Gasteiger partial charge in [-0.25, -0.2) is 19.6 Å². The lowest BCUT2D eigenvalue weighted by atomic mass is 10.2. The molecule has 1 N–H and O–H groups in total. The zero-order valence-electron chi connectivity index (χ0n) is 16.1. The number of amides is 1. The van der Waals surface area contributed by atoms with E-state index in [1.165, 1.54) is 12.8 Å². The lowest BCUT2D eigenvalue weighted by Gasteiger charge is -2.17. The highest BCUT2D eigenvalue weighted by molar-refractivity contribution is 7.99. The zero-order chi connectivity index (χ0) is 20.2. The van der Waals surface area contributed by atoms with Crippen molar-refractivity contribution < 1.29 is 4.79 Å². The molecule has 0 aromatic carbocycles. The number of aromatic nitrogens is 5. The SMILES string of the molecule is CCSc1nc(N2CCCC2)c2cnn(CCNC(=O)c3cccnc3Cl)c2n1. The molecule has 152 valence electrons. The molecule has 29 heavy (non-hydrogen) atoms. The average molecular weight is 432 g/mol. The molecule has 0 radical (unpaired) electrons. The van der Waals surface area contributed by atoms with E-state index < -0.39 is 0 Å². The number of nitrogens with one attached hydrogen (secondary N) is 1. The second-order valence-electron chi connectivity index (χ2n) is 6.66. The van der Waals surface area contributed by atoms with Gasteiger partial charge < -0.3 is 10.2 Å². The molecule has 1 saturated heterocycles. The lowest BCUT2D eigenvalue weighted by molar-refractivity contribution is 0.0952. The number of hydrogen-bond acceptors (Lipinski definition) is 7. The number of pyridine rings is 1. The van der Waals surface area contributed by atoms with Gasteiger partial charge in [0.1, 0.15) is 11.0 Å². The number of thioether (sulfide) groups is 1. The summed E-state index contributed by atoms with van der Waals surface area (Å²) in [5.41, 5.74) is 1.16. The van der Waals surface area contributed by atoms with Gasteiger partial charge in [0.05, 0.1) is 23.7 Å². The zero-order valence-corrected chi connectivity index (χ0v) is 17.7. The van der Waals surface area contributed by atoms with Crippen molar-refractivity contribution in [3.63, 3.8) is 0 Å². The molecule has 8 nitrogen and oxygen atoms in total. The Labute approximate surface area is 178 Å². The molecular formula is C19H22ClN7OS. The molecule has 0 atom stereocenters. The van der Waals surface area contributed by atoms with E-state index in [0.717, 1.165) is 40.9 Å².